The summed E-state index contributed by atoms with van der Waals surface area (Å²) in [7, 11) is 0. The van der Waals surface area contributed by atoms with E-state index in [2.05, 4.69) is 4.90 Å². The number of unbranched alkanes of at least 4 members (excludes halogenated alkanes) is 7. The molecule has 0 aromatic heterocycles. The van der Waals surface area contributed by atoms with E-state index in [0.29, 0.717) is 13.0 Å². The van der Waals surface area contributed by atoms with Crippen LogP contribution in [-0.2, 0) is 9.53 Å². The lowest BCUT2D eigenvalue weighted by Gasteiger charge is -2.13. The molecule has 1 aliphatic heterocycles. The number of carbonyl (C=O) groups excluding carboxylic acids is 1. The second-order valence-corrected chi connectivity index (χ2v) is 5.93. The summed E-state index contributed by atoms with van der Waals surface area (Å²) < 4.78 is 4.91. The topological polar surface area (TPSA) is 29.5 Å². The molecule has 1 saturated heterocycles. The largest absolute Gasteiger partial charge is 0.466 e. The van der Waals surface area contributed by atoms with Crippen LogP contribution in [0.4, 0.5) is 0 Å². The molecule has 20 heavy (non-hydrogen) atoms. The fraction of sp³-hybridized carbons (Fsp3) is 0.941. The molecule has 0 bridgehead atoms. The van der Waals surface area contributed by atoms with E-state index in [1.54, 1.807) is 0 Å². The van der Waals surface area contributed by atoms with E-state index in [0.717, 1.165) is 6.42 Å². The Morgan fingerprint density at radius 1 is 0.900 bits per heavy atom. The fourth-order valence-electron chi connectivity index (χ4n) is 2.90. The van der Waals surface area contributed by atoms with Gasteiger partial charge in [-0.2, -0.15) is 0 Å². The van der Waals surface area contributed by atoms with Crippen LogP contribution in [0.15, 0.2) is 0 Å². The highest BCUT2D eigenvalue weighted by atomic mass is 16.5. The van der Waals surface area contributed by atoms with E-state index in [4.69, 9.17) is 4.74 Å². The quantitative estimate of drug-likeness (QED) is 0.398. The summed E-state index contributed by atoms with van der Waals surface area (Å²) in [6, 6.07) is 0. The Kier molecular flexibility index (Phi) is 10.7. The van der Waals surface area contributed by atoms with Crippen molar-refractivity contribution in [3.63, 3.8) is 0 Å². The number of rotatable bonds is 12. The minimum absolute atomic E-state index is 0.0330. The number of hydrogen-bond donors (Lipinski definition) is 0. The molecule has 118 valence electrons. The van der Waals surface area contributed by atoms with Crippen LogP contribution in [0.25, 0.3) is 0 Å². The zero-order valence-electron chi connectivity index (χ0n) is 13.4. The molecule has 1 fully saturated rings. The molecule has 0 aromatic carbocycles. The second-order valence-electron chi connectivity index (χ2n) is 5.93. The summed E-state index contributed by atoms with van der Waals surface area (Å²) in [6.45, 7) is 6.36. The third-order valence-electron chi connectivity index (χ3n) is 4.11. The second kappa shape index (κ2) is 12.2. The van der Waals surface area contributed by atoms with Crippen molar-refractivity contribution >= 4 is 5.97 Å². The van der Waals surface area contributed by atoms with Gasteiger partial charge in [-0.25, -0.2) is 0 Å². The van der Waals surface area contributed by atoms with Crippen LogP contribution in [0.1, 0.15) is 77.6 Å². The maximum atomic E-state index is 11.1. The number of ether oxygens (including phenoxy) is 1. The summed E-state index contributed by atoms with van der Waals surface area (Å²) in [5.41, 5.74) is 0. The fourth-order valence-corrected chi connectivity index (χ4v) is 2.90. The number of nitrogens with zero attached hydrogens (tertiary/aromatic N) is 1. The van der Waals surface area contributed by atoms with Gasteiger partial charge in [-0.1, -0.05) is 38.5 Å². The molecule has 1 heterocycles. The predicted octanol–water partition coefficient (Wildman–Crippen LogP) is 4.16. The number of carbonyl (C=O) groups is 1. The van der Waals surface area contributed by atoms with E-state index in [-0.39, 0.29) is 5.97 Å². The van der Waals surface area contributed by atoms with Gasteiger partial charge in [-0.3, -0.25) is 4.79 Å². The Bertz CT molecular complexity index is 237. The lowest BCUT2D eigenvalue weighted by molar-refractivity contribution is -0.143. The van der Waals surface area contributed by atoms with Crippen molar-refractivity contribution < 1.29 is 9.53 Å². The summed E-state index contributed by atoms with van der Waals surface area (Å²) in [4.78, 5) is 13.7. The Morgan fingerprint density at radius 2 is 1.45 bits per heavy atom. The molecule has 1 rings (SSSR count). The maximum Gasteiger partial charge on any atom is 0.305 e. The van der Waals surface area contributed by atoms with Crippen LogP contribution in [0, 0.1) is 0 Å². The molecule has 1 aliphatic rings. The first-order chi connectivity index (χ1) is 9.83. The molecule has 0 aromatic rings. The van der Waals surface area contributed by atoms with Crippen molar-refractivity contribution in [2.45, 2.75) is 77.6 Å². The van der Waals surface area contributed by atoms with E-state index < -0.39 is 0 Å². The summed E-state index contributed by atoms with van der Waals surface area (Å²) in [5, 5.41) is 0. The van der Waals surface area contributed by atoms with Crippen molar-refractivity contribution in [1.82, 2.24) is 4.90 Å². The summed E-state index contributed by atoms with van der Waals surface area (Å²) in [6.07, 6.45) is 13.7. The van der Waals surface area contributed by atoms with Gasteiger partial charge in [0.1, 0.15) is 0 Å². The minimum atomic E-state index is -0.0330. The molecule has 0 saturated carbocycles. The minimum Gasteiger partial charge on any atom is -0.466 e. The van der Waals surface area contributed by atoms with Gasteiger partial charge in [-0.15, -0.1) is 0 Å². The predicted molar refractivity (Wildman–Crippen MR) is 83.9 cm³/mol. The van der Waals surface area contributed by atoms with Crippen LogP contribution in [0.2, 0.25) is 0 Å². The van der Waals surface area contributed by atoms with Crippen LogP contribution in [0.3, 0.4) is 0 Å². The Labute approximate surface area is 125 Å². The maximum absolute atomic E-state index is 11.1. The lowest BCUT2D eigenvalue weighted by Crippen LogP contribution is -2.20. The first kappa shape index (κ1) is 17.5. The van der Waals surface area contributed by atoms with Gasteiger partial charge >= 0.3 is 5.97 Å². The van der Waals surface area contributed by atoms with E-state index >= 15 is 0 Å². The third-order valence-corrected chi connectivity index (χ3v) is 4.11. The molecule has 0 amide bonds. The first-order valence-electron chi connectivity index (χ1n) is 8.71. The monoisotopic (exact) mass is 283 g/mol. The Morgan fingerprint density at radius 3 is 2.05 bits per heavy atom. The van der Waals surface area contributed by atoms with Crippen molar-refractivity contribution in [3.05, 3.63) is 0 Å². The molecule has 0 radical (unpaired) electrons. The lowest BCUT2D eigenvalue weighted by atomic mass is 10.1. The molecule has 3 heteroatoms. The third kappa shape index (κ3) is 9.35. The van der Waals surface area contributed by atoms with Crippen molar-refractivity contribution in [2.24, 2.45) is 0 Å². The average molecular weight is 283 g/mol. The van der Waals surface area contributed by atoms with Crippen LogP contribution >= 0.6 is 0 Å². The van der Waals surface area contributed by atoms with Gasteiger partial charge in [0.15, 0.2) is 0 Å². The number of hydrogen-bond acceptors (Lipinski definition) is 3. The van der Waals surface area contributed by atoms with Gasteiger partial charge < -0.3 is 9.64 Å². The van der Waals surface area contributed by atoms with Gasteiger partial charge in [0.2, 0.25) is 0 Å². The van der Waals surface area contributed by atoms with Gasteiger partial charge in [0.25, 0.3) is 0 Å². The molecule has 0 unspecified atom stereocenters. The molecular weight excluding hydrogens is 250 g/mol. The first-order valence-corrected chi connectivity index (χ1v) is 8.71. The molecule has 3 nitrogen and oxygen atoms in total. The van der Waals surface area contributed by atoms with E-state index in [1.807, 2.05) is 6.92 Å². The molecular formula is C17H33NO2. The normalized spacial score (nSPS) is 15.7. The van der Waals surface area contributed by atoms with Gasteiger partial charge in [0.05, 0.1) is 6.61 Å². The SMILES string of the molecule is CCOC(=O)CCCCCCCCCCN1CCCC1. The van der Waals surface area contributed by atoms with Gasteiger partial charge in [-0.05, 0) is 52.2 Å². The standard InChI is InChI=1S/C17H33NO2/c1-2-20-17(19)13-9-7-5-3-4-6-8-10-14-18-15-11-12-16-18/h2-16H2,1H3. The average Bonchev–Trinajstić information content (AvgIpc) is 2.94. The Hall–Kier alpha value is -0.570. The molecule has 0 N–H and O–H groups in total. The van der Waals surface area contributed by atoms with Crippen molar-refractivity contribution in [3.8, 4) is 0 Å². The van der Waals surface area contributed by atoms with Crippen LogP contribution in [0.5, 0.6) is 0 Å². The summed E-state index contributed by atoms with van der Waals surface area (Å²) >= 11 is 0. The highest BCUT2D eigenvalue weighted by Crippen LogP contribution is 2.12. The highest BCUT2D eigenvalue weighted by Gasteiger charge is 2.09. The van der Waals surface area contributed by atoms with Crippen LogP contribution in [-0.4, -0.2) is 37.1 Å². The highest BCUT2D eigenvalue weighted by molar-refractivity contribution is 5.69. The van der Waals surface area contributed by atoms with Crippen molar-refractivity contribution in [1.29, 1.82) is 0 Å². The summed E-state index contributed by atoms with van der Waals surface area (Å²) in [5.74, 6) is -0.0330. The van der Waals surface area contributed by atoms with Crippen molar-refractivity contribution in [2.75, 3.05) is 26.2 Å². The smallest absolute Gasteiger partial charge is 0.305 e. The van der Waals surface area contributed by atoms with E-state index in [1.165, 1.54) is 77.4 Å². The molecule has 0 aliphatic carbocycles. The molecule has 0 atom stereocenters. The zero-order valence-corrected chi connectivity index (χ0v) is 13.4. The number of esters is 1. The van der Waals surface area contributed by atoms with Gasteiger partial charge in [0, 0.05) is 6.42 Å². The zero-order chi connectivity index (χ0) is 14.5. The van der Waals surface area contributed by atoms with E-state index in [9.17, 15) is 4.79 Å². The number of likely N-dealkylation sites (tertiary alicyclic amines) is 1. The molecule has 0 spiro atoms. The Balaban J connectivity index is 1.73. The van der Waals surface area contributed by atoms with Crippen LogP contribution < -0.4 is 0 Å².